The highest BCUT2D eigenvalue weighted by Crippen LogP contribution is 2.47. The Bertz CT molecular complexity index is 1800. The summed E-state index contributed by atoms with van der Waals surface area (Å²) in [6.45, 7) is 21.8. The fourth-order valence-corrected chi connectivity index (χ4v) is 8.12. The van der Waals surface area contributed by atoms with E-state index in [4.69, 9.17) is 4.74 Å². The van der Waals surface area contributed by atoms with E-state index in [0.717, 1.165) is 71.2 Å². The second kappa shape index (κ2) is 13.0. The van der Waals surface area contributed by atoms with Gasteiger partial charge in [0.25, 0.3) is 0 Å². The lowest BCUT2D eigenvalue weighted by Gasteiger charge is -2.25. The number of ether oxygens (including phenoxy) is 1. The smallest absolute Gasteiger partial charge is 0.323 e. The third kappa shape index (κ3) is 6.91. The van der Waals surface area contributed by atoms with E-state index in [2.05, 4.69) is 130 Å². The van der Waals surface area contributed by atoms with Gasteiger partial charge in [0.05, 0.1) is 5.92 Å². The van der Waals surface area contributed by atoms with E-state index in [9.17, 15) is 9.59 Å². The topological polar surface area (TPSA) is 43.4 Å². The molecule has 1 aliphatic heterocycles. The molecule has 0 aromatic heterocycles. The summed E-state index contributed by atoms with van der Waals surface area (Å²) in [6.07, 6.45) is 5.76. The summed E-state index contributed by atoms with van der Waals surface area (Å²) in [5.41, 5.74) is 15.2. The van der Waals surface area contributed by atoms with Gasteiger partial charge in [-0.2, -0.15) is 0 Å². The molecule has 256 valence electrons. The molecule has 0 fully saturated rings. The Morgan fingerprint density at radius 1 is 0.592 bits per heavy atom. The van der Waals surface area contributed by atoms with Crippen molar-refractivity contribution in [1.82, 2.24) is 0 Å². The number of hydrogen-bond acceptors (Lipinski definition) is 3. The molecule has 6 rings (SSSR count). The zero-order chi connectivity index (χ0) is 35.4. The molecule has 4 aromatic carbocycles. The summed E-state index contributed by atoms with van der Waals surface area (Å²) < 4.78 is 6.03. The zero-order valence-electron chi connectivity index (χ0n) is 31.4. The van der Waals surface area contributed by atoms with E-state index >= 15 is 0 Å². The van der Waals surface area contributed by atoms with E-state index < -0.39 is 0 Å². The van der Waals surface area contributed by atoms with Crippen LogP contribution in [0.25, 0.3) is 0 Å². The first kappa shape index (κ1) is 34.9. The Labute approximate surface area is 294 Å². The fourth-order valence-electron chi connectivity index (χ4n) is 8.12. The minimum atomic E-state index is -0.382. The first-order valence-corrected chi connectivity index (χ1v) is 18.2. The Morgan fingerprint density at radius 3 is 1.65 bits per heavy atom. The van der Waals surface area contributed by atoms with Gasteiger partial charge in [0.2, 0.25) is 0 Å². The predicted octanol–water partition coefficient (Wildman–Crippen LogP) is 10.8. The average Bonchev–Trinajstić information content (AvgIpc) is 3.52. The molecule has 1 heterocycles. The Kier molecular flexibility index (Phi) is 9.28. The van der Waals surface area contributed by atoms with Gasteiger partial charge < -0.3 is 4.74 Å². The van der Waals surface area contributed by atoms with Gasteiger partial charge in [0.1, 0.15) is 17.5 Å². The van der Waals surface area contributed by atoms with Crippen molar-refractivity contribution in [3.8, 4) is 5.75 Å². The zero-order valence-corrected chi connectivity index (χ0v) is 31.4. The second-order valence-electron chi connectivity index (χ2n) is 17.0. The molecule has 0 saturated heterocycles. The summed E-state index contributed by atoms with van der Waals surface area (Å²) in [7, 11) is 0. The van der Waals surface area contributed by atoms with Gasteiger partial charge in [0, 0.05) is 17.5 Å². The van der Waals surface area contributed by atoms with Crippen molar-refractivity contribution >= 4 is 11.8 Å². The number of rotatable bonds is 8. The highest BCUT2D eigenvalue weighted by atomic mass is 16.5. The van der Waals surface area contributed by atoms with Crippen molar-refractivity contribution in [1.29, 1.82) is 0 Å². The fraction of sp³-hybridized carbons (Fsp3) is 0.435. The number of aryl methyl sites for hydroxylation is 6. The standard InChI is InChI=1S/C46H54O3/c1-27-16-18-29(3)33(20-27)41-36-22-31(24-38(45(5,6)7)35(36)26-40(41)47)14-12-11-13-15-32-23-37-42(34-21-28(2)17-19-30(34)4)44(48)49-43(37)39(25-32)46(8,9)10/h16-25,41-42H,11-15,26H2,1-10H3. The van der Waals surface area contributed by atoms with Crippen molar-refractivity contribution in [2.45, 2.75) is 130 Å². The van der Waals surface area contributed by atoms with Gasteiger partial charge in [-0.25, -0.2) is 0 Å². The number of carbonyl (C=O) groups excluding carboxylic acids is 2. The highest BCUT2D eigenvalue weighted by molar-refractivity contribution is 5.96. The van der Waals surface area contributed by atoms with Crippen LogP contribution in [-0.2, 0) is 39.7 Å². The van der Waals surface area contributed by atoms with E-state index in [1.54, 1.807) is 0 Å². The van der Waals surface area contributed by atoms with Crippen LogP contribution in [0.4, 0.5) is 0 Å². The van der Waals surface area contributed by atoms with Crippen LogP contribution >= 0.6 is 0 Å². The Hall–Kier alpha value is -3.98. The van der Waals surface area contributed by atoms with Crippen LogP contribution in [0.1, 0.15) is 145 Å². The van der Waals surface area contributed by atoms with E-state index in [1.165, 1.54) is 38.9 Å². The molecule has 0 spiro atoms. The van der Waals surface area contributed by atoms with Gasteiger partial charge in [-0.1, -0.05) is 120 Å². The van der Waals surface area contributed by atoms with Gasteiger partial charge in [-0.3, -0.25) is 9.59 Å². The maximum atomic E-state index is 13.6. The van der Waals surface area contributed by atoms with Crippen molar-refractivity contribution < 1.29 is 14.3 Å². The SMILES string of the molecule is Cc1ccc(C)c(C2C(=O)Cc3c2cc(CCCCCc2cc4c(c(C(C)(C)C)c2)OC(=O)C4c2cc(C)ccc2C)cc3C(C)(C)C)c1. The van der Waals surface area contributed by atoms with Crippen LogP contribution in [0.15, 0.2) is 60.7 Å². The van der Waals surface area contributed by atoms with Crippen molar-refractivity contribution in [3.63, 3.8) is 0 Å². The monoisotopic (exact) mass is 654 g/mol. The first-order valence-electron chi connectivity index (χ1n) is 18.2. The molecule has 4 aromatic rings. The molecule has 2 atom stereocenters. The van der Waals surface area contributed by atoms with Crippen molar-refractivity contribution in [2.75, 3.05) is 0 Å². The molecule has 2 unspecified atom stereocenters. The summed E-state index contributed by atoms with van der Waals surface area (Å²) in [5, 5.41) is 0. The molecule has 3 heteroatoms. The maximum absolute atomic E-state index is 13.6. The lowest BCUT2D eigenvalue weighted by Crippen LogP contribution is -2.15. The van der Waals surface area contributed by atoms with Crippen LogP contribution in [-0.4, -0.2) is 11.8 Å². The third-order valence-corrected chi connectivity index (χ3v) is 10.8. The maximum Gasteiger partial charge on any atom is 0.323 e. The quantitative estimate of drug-likeness (QED) is 0.108. The van der Waals surface area contributed by atoms with E-state index in [0.29, 0.717) is 12.2 Å². The van der Waals surface area contributed by atoms with Crippen molar-refractivity contribution in [2.24, 2.45) is 0 Å². The van der Waals surface area contributed by atoms with E-state index in [-0.39, 0.29) is 28.6 Å². The molecule has 0 saturated carbocycles. The first-order chi connectivity index (χ1) is 23.0. The summed E-state index contributed by atoms with van der Waals surface area (Å²) in [5.74, 6) is 0.359. The largest absolute Gasteiger partial charge is 0.425 e. The number of esters is 1. The molecule has 49 heavy (non-hydrogen) atoms. The molecule has 0 bridgehead atoms. The third-order valence-electron chi connectivity index (χ3n) is 10.8. The minimum Gasteiger partial charge on any atom is -0.425 e. The van der Waals surface area contributed by atoms with Crippen LogP contribution < -0.4 is 4.74 Å². The van der Waals surface area contributed by atoms with Crippen LogP contribution in [0.2, 0.25) is 0 Å². The van der Waals surface area contributed by atoms with Gasteiger partial charge >= 0.3 is 5.97 Å². The van der Waals surface area contributed by atoms with Gasteiger partial charge in [-0.05, 0) is 114 Å². The second-order valence-corrected chi connectivity index (χ2v) is 17.0. The summed E-state index contributed by atoms with van der Waals surface area (Å²) in [4.78, 5) is 27.0. The van der Waals surface area contributed by atoms with Gasteiger partial charge in [0.15, 0.2) is 0 Å². The lowest BCUT2D eigenvalue weighted by molar-refractivity contribution is -0.133. The number of Topliss-reactive ketones (excluding diaryl/α,β-unsaturated/α-hetero) is 1. The molecule has 3 nitrogen and oxygen atoms in total. The number of ketones is 1. The molecular formula is C46H54O3. The minimum absolute atomic E-state index is 0.0326. The van der Waals surface area contributed by atoms with Crippen LogP contribution in [0, 0.1) is 27.7 Å². The molecular weight excluding hydrogens is 601 g/mol. The number of unbranched alkanes of at least 4 members (excludes halogenated alkanes) is 2. The number of fused-ring (bicyclic) bond motifs is 2. The molecule has 0 radical (unpaired) electrons. The summed E-state index contributed by atoms with van der Waals surface area (Å²) in [6, 6.07) is 22.1. The Balaban J connectivity index is 1.22. The Morgan fingerprint density at radius 2 is 1.10 bits per heavy atom. The number of benzene rings is 4. The predicted molar refractivity (Wildman–Crippen MR) is 201 cm³/mol. The van der Waals surface area contributed by atoms with Crippen LogP contribution in [0.5, 0.6) is 5.75 Å². The van der Waals surface area contributed by atoms with Crippen molar-refractivity contribution in [3.05, 3.63) is 133 Å². The molecule has 0 amide bonds. The highest BCUT2D eigenvalue weighted by Gasteiger charge is 2.40. The normalized spacial score (nSPS) is 17.3. The average molecular weight is 655 g/mol. The van der Waals surface area contributed by atoms with Gasteiger partial charge in [-0.15, -0.1) is 0 Å². The van der Waals surface area contributed by atoms with Crippen LogP contribution in [0.3, 0.4) is 0 Å². The molecule has 1 aliphatic carbocycles. The van der Waals surface area contributed by atoms with E-state index in [1.807, 2.05) is 0 Å². The summed E-state index contributed by atoms with van der Waals surface area (Å²) >= 11 is 0. The lowest BCUT2D eigenvalue weighted by atomic mass is 9.79. The molecule has 0 N–H and O–H groups in total. The number of hydrogen-bond donors (Lipinski definition) is 0. The number of carbonyl (C=O) groups is 2. The molecule has 2 aliphatic rings.